The Morgan fingerprint density at radius 1 is 1.39 bits per heavy atom. The summed E-state index contributed by atoms with van der Waals surface area (Å²) >= 11 is 0. The van der Waals surface area contributed by atoms with Gasteiger partial charge in [-0.1, -0.05) is 6.07 Å². The van der Waals surface area contributed by atoms with Crippen LogP contribution < -0.4 is 0 Å². The number of methoxy groups -OCH3 is 1. The van der Waals surface area contributed by atoms with Crippen LogP contribution in [0.3, 0.4) is 0 Å². The summed E-state index contributed by atoms with van der Waals surface area (Å²) in [5.41, 5.74) is 1.09. The maximum atomic E-state index is 13.2. The second-order valence-corrected chi connectivity index (χ2v) is 5.08. The Hall–Kier alpha value is -1.22. The molecule has 0 saturated heterocycles. The van der Waals surface area contributed by atoms with Crippen LogP contribution in [0, 0.1) is 12.7 Å². The van der Waals surface area contributed by atoms with Crippen LogP contribution in [0.5, 0.6) is 0 Å². The predicted octanol–water partition coefficient (Wildman–Crippen LogP) is 3.20. The van der Waals surface area contributed by atoms with Crippen LogP contribution in [0.15, 0.2) is 18.2 Å². The molecule has 3 heteroatoms. The van der Waals surface area contributed by atoms with Crippen molar-refractivity contribution in [1.82, 2.24) is 0 Å². The number of Topliss-reactive ketones (excluding diaryl/α,β-unsaturated/α-hetero) is 1. The predicted molar refractivity (Wildman–Crippen MR) is 68.1 cm³/mol. The van der Waals surface area contributed by atoms with E-state index in [2.05, 4.69) is 0 Å². The Balaban J connectivity index is 2.18. The fourth-order valence-corrected chi connectivity index (χ4v) is 2.71. The first-order chi connectivity index (χ1) is 8.57. The molecule has 2 nitrogen and oxygen atoms in total. The largest absolute Gasteiger partial charge is 0.370 e. The van der Waals surface area contributed by atoms with E-state index >= 15 is 0 Å². The lowest BCUT2D eigenvalue weighted by atomic mass is 9.90. The minimum atomic E-state index is -0.626. The van der Waals surface area contributed by atoms with Crippen molar-refractivity contribution in [3.8, 4) is 0 Å². The van der Waals surface area contributed by atoms with Crippen molar-refractivity contribution in [2.24, 2.45) is 0 Å². The maximum Gasteiger partial charge on any atom is 0.168 e. The SMILES string of the molecule is COC1(C(=O)Cc2cc(F)ccc2C)CCCC1. The van der Waals surface area contributed by atoms with Crippen LogP contribution in [-0.2, 0) is 16.0 Å². The molecule has 1 aromatic rings. The summed E-state index contributed by atoms with van der Waals surface area (Å²) < 4.78 is 18.7. The number of rotatable bonds is 4. The van der Waals surface area contributed by atoms with Crippen LogP contribution >= 0.6 is 0 Å². The summed E-state index contributed by atoms with van der Waals surface area (Å²) in [4.78, 5) is 12.4. The third-order valence-corrected chi connectivity index (χ3v) is 3.97. The molecule has 0 heterocycles. The molecule has 1 aromatic carbocycles. The molecule has 2 rings (SSSR count). The quantitative estimate of drug-likeness (QED) is 0.820. The van der Waals surface area contributed by atoms with Gasteiger partial charge in [0.15, 0.2) is 5.78 Å². The zero-order valence-electron chi connectivity index (χ0n) is 11.0. The molecule has 1 fully saturated rings. The van der Waals surface area contributed by atoms with E-state index in [0.717, 1.165) is 36.8 Å². The Kier molecular flexibility index (Phi) is 3.81. The summed E-state index contributed by atoms with van der Waals surface area (Å²) in [6.07, 6.45) is 3.90. The number of benzene rings is 1. The molecule has 0 aromatic heterocycles. The molecular formula is C15H19FO2. The van der Waals surface area contributed by atoms with Gasteiger partial charge in [0.05, 0.1) is 0 Å². The first-order valence-corrected chi connectivity index (χ1v) is 6.41. The fraction of sp³-hybridized carbons (Fsp3) is 0.533. The first kappa shape index (κ1) is 13.2. The number of hydrogen-bond donors (Lipinski definition) is 0. The number of hydrogen-bond acceptors (Lipinski definition) is 2. The van der Waals surface area contributed by atoms with Crippen LogP contribution in [0.4, 0.5) is 4.39 Å². The van der Waals surface area contributed by atoms with Gasteiger partial charge in [-0.2, -0.15) is 0 Å². The normalized spacial score (nSPS) is 17.9. The molecule has 1 saturated carbocycles. The van der Waals surface area contributed by atoms with Crippen molar-refractivity contribution in [1.29, 1.82) is 0 Å². The summed E-state index contributed by atoms with van der Waals surface area (Å²) in [6, 6.07) is 4.59. The Morgan fingerprint density at radius 2 is 2.06 bits per heavy atom. The van der Waals surface area contributed by atoms with Crippen molar-refractivity contribution in [2.75, 3.05) is 7.11 Å². The van der Waals surface area contributed by atoms with Gasteiger partial charge in [-0.3, -0.25) is 4.79 Å². The third kappa shape index (κ3) is 2.46. The zero-order chi connectivity index (χ0) is 13.2. The van der Waals surface area contributed by atoms with Crippen molar-refractivity contribution in [3.63, 3.8) is 0 Å². The summed E-state index contributed by atoms with van der Waals surface area (Å²) in [5, 5.41) is 0. The molecule has 1 aliphatic carbocycles. The highest BCUT2D eigenvalue weighted by molar-refractivity contribution is 5.89. The highest BCUT2D eigenvalue weighted by atomic mass is 19.1. The lowest BCUT2D eigenvalue weighted by Gasteiger charge is -2.26. The molecule has 0 atom stereocenters. The van der Waals surface area contributed by atoms with Crippen molar-refractivity contribution in [3.05, 3.63) is 35.1 Å². The summed E-state index contributed by atoms with van der Waals surface area (Å²) in [7, 11) is 1.60. The molecule has 0 spiro atoms. The number of carbonyl (C=O) groups is 1. The number of ether oxygens (including phenoxy) is 1. The van der Waals surface area contributed by atoms with Crippen molar-refractivity contribution in [2.45, 2.75) is 44.6 Å². The second kappa shape index (κ2) is 5.19. The molecule has 0 unspecified atom stereocenters. The minimum Gasteiger partial charge on any atom is -0.370 e. The van der Waals surface area contributed by atoms with Gasteiger partial charge < -0.3 is 4.74 Å². The van der Waals surface area contributed by atoms with E-state index in [1.807, 2.05) is 6.92 Å². The minimum absolute atomic E-state index is 0.0798. The summed E-state index contributed by atoms with van der Waals surface area (Å²) in [5.74, 6) is -0.211. The average molecular weight is 250 g/mol. The Bertz CT molecular complexity index is 448. The van der Waals surface area contributed by atoms with Gasteiger partial charge in [0, 0.05) is 13.5 Å². The molecule has 1 aliphatic rings. The lowest BCUT2D eigenvalue weighted by Crippen LogP contribution is -2.39. The van der Waals surface area contributed by atoms with Crippen LogP contribution in [0.2, 0.25) is 0 Å². The van der Waals surface area contributed by atoms with Gasteiger partial charge in [-0.15, -0.1) is 0 Å². The van der Waals surface area contributed by atoms with Crippen molar-refractivity contribution < 1.29 is 13.9 Å². The van der Waals surface area contributed by atoms with Gasteiger partial charge in [-0.05, 0) is 55.9 Å². The Labute approximate surface area is 107 Å². The standard InChI is InChI=1S/C15H19FO2/c1-11-5-6-13(16)9-12(11)10-14(17)15(18-2)7-3-4-8-15/h5-6,9H,3-4,7-8,10H2,1-2H3. The number of ketones is 1. The molecule has 0 aliphatic heterocycles. The van der Waals surface area contributed by atoms with E-state index in [4.69, 9.17) is 4.74 Å². The molecule has 0 amide bonds. The zero-order valence-corrected chi connectivity index (χ0v) is 11.0. The van der Waals surface area contributed by atoms with E-state index in [9.17, 15) is 9.18 Å². The van der Waals surface area contributed by atoms with E-state index in [-0.39, 0.29) is 18.0 Å². The van der Waals surface area contributed by atoms with Gasteiger partial charge in [-0.25, -0.2) is 4.39 Å². The lowest BCUT2D eigenvalue weighted by molar-refractivity contribution is -0.139. The van der Waals surface area contributed by atoms with Gasteiger partial charge >= 0.3 is 0 Å². The monoisotopic (exact) mass is 250 g/mol. The second-order valence-electron chi connectivity index (χ2n) is 5.08. The smallest absolute Gasteiger partial charge is 0.168 e. The fourth-order valence-electron chi connectivity index (χ4n) is 2.71. The van der Waals surface area contributed by atoms with E-state index < -0.39 is 5.60 Å². The summed E-state index contributed by atoms with van der Waals surface area (Å²) in [6.45, 7) is 1.90. The van der Waals surface area contributed by atoms with Gasteiger partial charge in [0.25, 0.3) is 0 Å². The van der Waals surface area contributed by atoms with E-state index in [1.165, 1.54) is 12.1 Å². The number of carbonyl (C=O) groups excluding carboxylic acids is 1. The van der Waals surface area contributed by atoms with Gasteiger partial charge in [0.1, 0.15) is 11.4 Å². The van der Waals surface area contributed by atoms with Crippen LogP contribution in [0.1, 0.15) is 36.8 Å². The van der Waals surface area contributed by atoms with Crippen LogP contribution in [-0.4, -0.2) is 18.5 Å². The van der Waals surface area contributed by atoms with E-state index in [0.29, 0.717) is 0 Å². The third-order valence-electron chi connectivity index (χ3n) is 3.97. The Morgan fingerprint density at radius 3 is 2.67 bits per heavy atom. The van der Waals surface area contributed by atoms with Gasteiger partial charge in [0.2, 0.25) is 0 Å². The highest BCUT2D eigenvalue weighted by Gasteiger charge is 2.40. The number of halogens is 1. The van der Waals surface area contributed by atoms with E-state index in [1.54, 1.807) is 13.2 Å². The average Bonchev–Trinajstić information content (AvgIpc) is 2.84. The molecular weight excluding hydrogens is 231 g/mol. The maximum absolute atomic E-state index is 13.2. The molecule has 0 bridgehead atoms. The number of aryl methyl sites for hydroxylation is 1. The van der Waals surface area contributed by atoms with Crippen LogP contribution in [0.25, 0.3) is 0 Å². The van der Waals surface area contributed by atoms with Crippen molar-refractivity contribution >= 4 is 5.78 Å². The first-order valence-electron chi connectivity index (χ1n) is 6.41. The highest BCUT2D eigenvalue weighted by Crippen LogP contribution is 2.34. The molecule has 0 N–H and O–H groups in total. The topological polar surface area (TPSA) is 26.3 Å². The molecule has 18 heavy (non-hydrogen) atoms. The molecule has 98 valence electrons. The molecule has 0 radical (unpaired) electrons.